The fourth-order valence-corrected chi connectivity index (χ4v) is 2.25. The van der Waals surface area contributed by atoms with E-state index in [9.17, 15) is 9.90 Å². The zero-order valence-corrected chi connectivity index (χ0v) is 10.6. The van der Waals surface area contributed by atoms with Gasteiger partial charge in [0, 0.05) is 32.2 Å². The molecule has 1 heterocycles. The van der Waals surface area contributed by atoms with E-state index < -0.39 is 6.10 Å². The van der Waals surface area contributed by atoms with Gasteiger partial charge in [-0.1, -0.05) is 13.3 Å². The number of aliphatic hydroxyl groups excluding tert-OH is 1. The van der Waals surface area contributed by atoms with Gasteiger partial charge in [0.05, 0.1) is 0 Å². The Balaban J connectivity index is 2.36. The van der Waals surface area contributed by atoms with E-state index in [-0.39, 0.29) is 5.91 Å². The van der Waals surface area contributed by atoms with Crippen LogP contribution in [-0.4, -0.2) is 59.1 Å². The highest BCUT2D eigenvalue weighted by atomic mass is 16.3. The predicted molar refractivity (Wildman–Crippen MR) is 64.2 cm³/mol. The van der Waals surface area contributed by atoms with Crippen LogP contribution in [-0.2, 0) is 4.79 Å². The van der Waals surface area contributed by atoms with Crippen molar-refractivity contribution in [2.75, 3.05) is 26.2 Å². The highest BCUT2D eigenvalue weighted by molar-refractivity contribution is 5.80. The van der Waals surface area contributed by atoms with E-state index in [2.05, 4.69) is 18.7 Å². The third-order valence-corrected chi connectivity index (χ3v) is 3.31. The lowest BCUT2D eigenvalue weighted by atomic mass is 10.1. The summed E-state index contributed by atoms with van der Waals surface area (Å²) in [6, 6.07) is 0.605. The highest BCUT2D eigenvalue weighted by Crippen LogP contribution is 2.11. The minimum absolute atomic E-state index is 0.136. The maximum atomic E-state index is 11.6. The van der Waals surface area contributed by atoms with Crippen LogP contribution in [0, 0.1) is 0 Å². The molecule has 1 fully saturated rings. The van der Waals surface area contributed by atoms with Gasteiger partial charge in [0.1, 0.15) is 6.10 Å². The van der Waals surface area contributed by atoms with Crippen molar-refractivity contribution in [2.45, 2.75) is 45.8 Å². The lowest BCUT2D eigenvalue weighted by molar-refractivity contribution is -0.141. The highest BCUT2D eigenvalue weighted by Gasteiger charge is 2.25. The molecular formula is C12H24N2O2. The SMILES string of the molecule is CCCC(C)N1CCN(C(=O)C(C)O)CC1. The number of rotatable bonds is 4. The van der Waals surface area contributed by atoms with Gasteiger partial charge in [-0.25, -0.2) is 0 Å². The lowest BCUT2D eigenvalue weighted by Gasteiger charge is -2.38. The average molecular weight is 228 g/mol. The van der Waals surface area contributed by atoms with Gasteiger partial charge in [0.2, 0.25) is 0 Å². The van der Waals surface area contributed by atoms with Crippen LogP contribution in [0.3, 0.4) is 0 Å². The summed E-state index contributed by atoms with van der Waals surface area (Å²) in [6.45, 7) is 9.34. The third-order valence-electron chi connectivity index (χ3n) is 3.31. The summed E-state index contributed by atoms with van der Waals surface area (Å²) in [7, 11) is 0. The van der Waals surface area contributed by atoms with E-state index in [1.54, 1.807) is 4.90 Å². The molecule has 1 amide bonds. The van der Waals surface area contributed by atoms with Crippen LogP contribution < -0.4 is 0 Å². The van der Waals surface area contributed by atoms with E-state index in [1.165, 1.54) is 19.8 Å². The monoisotopic (exact) mass is 228 g/mol. The largest absolute Gasteiger partial charge is 0.384 e. The average Bonchev–Trinajstić information content (AvgIpc) is 2.28. The Bertz CT molecular complexity index is 223. The quantitative estimate of drug-likeness (QED) is 0.770. The molecule has 0 aliphatic carbocycles. The first-order valence-electron chi connectivity index (χ1n) is 6.27. The van der Waals surface area contributed by atoms with Gasteiger partial charge in [0.15, 0.2) is 0 Å². The molecule has 0 saturated carbocycles. The van der Waals surface area contributed by atoms with Crippen LogP contribution in [0.2, 0.25) is 0 Å². The molecule has 2 atom stereocenters. The third kappa shape index (κ3) is 3.46. The van der Waals surface area contributed by atoms with E-state index in [4.69, 9.17) is 0 Å². The van der Waals surface area contributed by atoms with Crippen molar-refractivity contribution in [3.8, 4) is 0 Å². The molecule has 0 spiro atoms. The molecule has 94 valence electrons. The molecule has 1 aliphatic heterocycles. The topological polar surface area (TPSA) is 43.8 Å². The van der Waals surface area contributed by atoms with Crippen molar-refractivity contribution in [1.29, 1.82) is 0 Å². The number of amides is 1. The predicted octanol–water partition coefficient (Wildman–Crippen LogP) is 0.700. The van der Waals surface area contributed by atoms with E-state index in [0.717, 1.165) is 26.2 Å². The summed E-state index contributed by atoms with van der Waals surface area (Å²) in [5, 5.41) is 9.23. The summed E-state index contributed by atoms with van der Waals surface area (Å²) in [5.41, 5.74) is 0. The second-order valence-corrected chi connectivity index (χ2v) is 4.67. The minimum Gasteiger partial charge on any atom is -0.384 e. The second kappa shape index (κ2) is 6.21. The number of hydrogen-bond donors (Lipinski definition) is 1. The van der Waals surface area contributed by atoms with Crippen molar-refractivity contribution >= 4 is 5.91 Å². The molecule has 0 radical (unpaired) electrons. The molecule has 1 aliphatic rings. The number of carbonyl (C=O) groups is 1. The number of piperazine rings is 1. The number of hydrogen-bond acceptors (Lipinski definition) is 3. The van der Waals surface area contributed by atoms with Crippen LogP contribution in [0.15, 0.2) is 0 Å². The summed E-state index contributed by atoms with van der Waals surface area (Å²) >= 11 is 0. The van der Waals surface area contributed by atoms with Crippen LogP contribution >= 0.6 is 0 Å². The van der Waals surface area contributed by atoms with Crippen molar-refractivity contribution in [1.82, 2.24) is 9.80 Å². The van der Waals surface area contributed by atoms with Gasteiger partial charge in [0.25, 0.3) is 5.91 Å². The Morgan fingerprint density at radius 3 is 2.25 bits per heavy atom. The number of nitrogens with zero attached hydrogens (tertiary/aromatic N) is 2. The van der Waals surface area contributed by atoms with E-state index in [0.29, 0.717) is 6.04 Å². The van der Waals surface area contributed by atoms with E-state index in [1.807, 2.05) is 0 Å². The van der Waals surface area contributed by atoms with E-state index >= 15 is 0 Å². The van der Waals surface area contributed by atoms with Gasteiger partial charge in [-0.15, -0.1) is 0 Å². The molecule has 0 aromatic carbocycles. The summed E-state index contributed by atoms with van der Waals surface area (Å²) in [5.74, 6) is -0.136. The van der Waals surface area contributed by atoms with Crippen molar-refractivity contribution in [3.63, 3.8) is 0 Å². The van der Waals surface area contributed by atoms with Crippen molar-refractivity contribution in [3.05, 3.63) is 0 Å². The molecule has 4 nitrogen and oxygen atoms in total. The Kier molecular flexibility index (Phi) is 5.22. The maximum absolute atomic E-state index is 11.6. The summed E-state index contributed by atoms with van der Waals surface area (Å²) in [6.07, 6.45) is 1.55. The Morgan fingerprint density at radius 1 is 1.25 bits per heavy atom. The normalized spacial score (nSPS) is 21.9. The first kappa shape index (κ1) is 13.5. The van der Waals surface area contributed by atoms with Crippen molar-refractivity contribution < 1.29 is 9.90 Å². The number of aliphatic hydroxyl groups is 1. The maximum Gasteiger partial charge on any atom is 0.251 e. The van der Waals surface area contributed by atoms with Crippen LogP contribution in [0.1, 0.15) is 33.6 Å². The zero-order valence-electron chi connectivity index (χ0n) is 10.6. The first-order valence-corrected chi connectivity index (χ1v) is 6.27. The zero-order chi connectivity index (χ0) is 12.1. The molecule has 2 unspecified atom stereocenters. The Morgan fingerprint density at radius 2 is 1.81 bits per heavy atom. The van der Waals surface area contributed by atoms with Gasteiger partial charge >= 0.3 is 0 Å². The molecule has 1 saturated heterocycles. The smallest absolute Gasteiger partial charge is 0.251 e. The van der Waals surface area contributed by atoms with Crippen LogP contribution in [0.5, 0.6) is 0 Å². The molecule has 1 rings (SSSR count). The molecule has 4 heteroatoms. The first-order chi connectivity index (χ1) is 7.56. The van der Waals surface area contributed by atoms with Gasteiger partial charge in [-0.05, 0) is 20.3 Å². The lowest BCUT2D eigenvalue weighted by Crippen LogP contribution is -2.53. The molecule has 1 N–H and O–H groups in total. The van der Waals surface area contributed by atoms with Crippen LogP contribution in [0.4, 0.5) is 0 Å². The Hall–Kier alpha value is -0.610. The summed E-state index contributed by atoms with van der Waals surface area (Å²) < 4.78 is 0. The molecule has 16 heavy (non-hydrogen) atoms. The van der Waals surface area contributed by atoms with Gasteiger partial charge in [-0.2, -0.15) is 0 Å². The molecule has 0 bridgehead atoms. The van der Waals surface area contributed by atoms with Crippen molar-refractivity contribution in [2.24, 2.45) is 0 Å². The van der Waals surface area contributed by atoms with Crippen LogP contribution in [0.25, 0.3) is 0 Å². The number of carbonyl (C=O) groups excluding carboxylic acids is 1. The summed E-state index contributed by atoms with van der Waals surface area (Å²) in [4.78, 5) is 15.7. The molecular weight excluding hydrogens is 204 g/mol. The fraction of sp³-hybridized carbons (Fsp3) is 0.917. The van der Waals surface area contributed by atoms with Gasteiger partial charge in [-0.3, -0.25) is 9.69 Å². The molecule has 0 aromatic rings. The standard InChI is InChI=1S/C12H24N2O2/c1-4-5-10(2)13-6-8-14(9-7-13)12(16)11(3)15/h10-11,15H,4-9H2,1-3H3. The van der Waals surface area contributed by atoms with Gasteiger partial charge < -0.3 is 10.0 Å². The fourth-order valence-electron chi connectivity index (χ4n) is 2.25. The Labute approximate surface area is 98.2 Å². The minimum atomic E-state index is -0.861. The molecule has 0 aromatic heterocycles. The second-order valence-electron chi connectivity index (χ2n) is 4.67.